The average molecular weight is 260 g/mol. The Morgan fingerprint density at radius 3 is 2.61 bits per heavy atom. The maximum atomic E-state index is 12.5. The van der Waals surface area contributed by atoms with Crippen molar-refractivity contribution >= 4 is 5.78 Å². The zero-order valence-electron chi connectivity index (χ0n) is 9.53. The van der Waals surface area contributed by atoms with Crippen LogP contribution in [0, 0.1) is 0 Å². The Hall–Kier alpha value is -1.56. The molecule has 0 spiro atoms. The second-order valence-electron chi connectivity index (χ2n) is 4.01. The normalized spacial score (nSPS) is 23.7. The molecule has 2 unspecified atom stereocenters. The summed E-state index contributed by atoms with van der Waals surface area (Å²) >= 11 is 0. The van der Waals surface area contributed by atoms with Crippen LogP contribution in [0.2, 0.25) is 0 Å². The average Bonchev–Trinajstić information content (AvgIpc) is 2.28. The first-order valence-corrected chi connectivity index (χ1v) is 5.31. The van der Waals surface area contributed by atoms with Gasteiger partial charge in [-0.3, -0.25) is 4.79 Å². The van der Waals surface area contributed by atoms with E-state index in [2.05, 4.69) is 0 Å². The minimum Gasteiger partial charge on any atom is -0.487 e. The molecule has 6 heteroatoms. The van der Waals surface area contributed by atoms with Crippen LogP contribution in [0.25, 0.3) is 0 Å². The summed E-state index contributed by atoms with van der Waals surface area (Å²) in [5.74, 6) is -0.0150. The number of Topliss-reactive ketones (excluding diaryl/α,β-unsaturated/α-hetero) is 1. The van der Waals surface area contributed by atoms with Crippen molar-refractivity contribution in [2.24, 2.45) is 0 Å². The third-order valence-electron chi connectivity index (χ3n) is 2.76. The predicted molar refractivity (Wildman–Crippen MR) is 56.3 cm³/mol. The number of benzene rings is 1. The molecule has 1 aromatic rings. The lowest BCUT2D eigenvalue weighted by molar-refractivity contribution is -0.151. The van der Waals surface area contributed by atoms with E-state index in [-0.39, 0.29) is 18.0 Å². The lowest BCUT2D eigenvalue weighted by Crippen LogP contribution is -2.51. The van der Waals surface area contributed by atoms with E-state index in [4.69, 9.17) is 9.47 Å². The maximum absolute atomic E-state index is 12.5. The molecular formula is C12H11F3O3. The standard InChI is InChI=1S/C12H11F3O3/c1-17-11-9(16)6-10(11)18-8-4-2-3-7(5-8)12(13,14)15/h2-5,10-11H,6H2,1H3. The highest BCUT2D eigenvalue weighted by Crippen LogP contribution is 2.32. The number of rotatable bonds is 3. The van der Waals surface area contributed by atoms with Crippen LogP contribution in [0.1, 0.15) is 12.0 Å². The molecule has 0 radical (unpaired) electrons. The van der Waals surface area contributed by atoms with Crippen LogP contribution in [-0.2, 0) is 15.7 Å². The topological polar surface area (TPSA) is 35.5 Å². The molecule has 98 valence electrons. The number of alkyl halides is 3. The van der Waals surface area contributed by atoms with Crippen molar-refractivity contribution in [1.29, 1.82) is 0 Å². The number of halogens is 3. The highest BCUT2D eigenvalue weighted by Gasteiger charge is 2.42. The Morgan fingerprint density at radius 1 is 1.33 bits per heavy atom. The van der Waals surface area contributed by atoms with Crippen LogP contribution in [0.4, 0.5) is 13.2 Å². The summed E-state index contributed by atoms with van der Waals surface area (Å²) in [5.41, 5.74) is -0.778. The molecule has 1 fully saturated rings. The van der Waals surface area contributed by atoms with Gasteiger partial charge in [0.1, 0.15) is 11.9 Å². The highest BCUT2D eigenvalue weighted by molar-refractivity contribution is 5.90. The zero-order valence-corrected chi connectivity index (χ0v) is 9.53. The van der Waals surface area contributed by atoms with E-state index >= 15 is 0 Å². The fourth-order valence-corrected chi connectivity index (χ4v) is 1.78. The molecule has 3 nitrogen and oxygen atoms in total. The first kappa shape index (κ1) is 12.9. The van der Waals surface area contributed by atoms with E-state index in [1.54, 1.807) is 0 Å². The van der Waals surface area contributed by atoms with E-state index in [9.17, 15) is 18.0 Å². The number of carbonyl (C=O) groups is 1. The molecule has 2 rings (SSSR count). The first-order chi connectivity index (χ1) is 8.41. The summed E-state index contributed by atoms with van der Waals surface area (Å²) in [6.07, 6.45) is -5.44. The van der Waals surface area contributed by atoms with Crippen LogP contribution >= 0.6 is 0 Å². The monoisotopic (exact) mass is 260 g/mol. The van der Waals surface area contributed by atoms with Crippen molar-refractivity contribution in [3.05, 3.63) is 29.8 Å². The molecule has 1 aromatic carbocycles. The molecule has 0 bridgehead atoms. The lowest BCUT2D eigenvalue weighted by Gasteiger charge is -2.33. The third-order valence-corrected chi connectivity index (χ3v) is 2.76. The number of hydrogen-bond donors (Lipinski definition) is 0. The van der Waals surface area contributed by atoms with Gasteiger partial charge in [-0.15, -0.1) is 0 Å². The molecule has 1 saturated carbocycles. The van der Waals surface area contributed by atoms with Crippen molar-refractivity contribution in [2.75, 3.05) is 7.11 Å². The van der Waals surface area contributed by atoms with Gasteiger partial charge < -0.3 is 9.47 Å². The molecule has 0 amide bonds. The molecule has 1 aliphatic carbocycles. The summed E-state index contributed by atoms with van der Waals surface area (Å²) < 4.78 is 47.6. The largest absolute Gasteiger partial charge is 0.487 e. The molecule has 0 aromatic heterocycles. The maximum Gasteiger partial charge on any atom is 0.416 e. The fourth-order valence-electron chi connectivity index (χ4n) is 1.78. The fraction of sp³-hybridized carbons (Fsp3) is 0.417. The highest BCUT2D eigenvalue weighted by atomic mass is 19.4. The van der Waals surface area contributed by atoms with Crippen LogP contribution < -0.4 is 4.74 Å². The van der Waals surface area contributed by atoms with Gasteiger partial charge in [0.2, 0.25) is 0 Å². The Morgan fingerprint density at radius 2 is 2.06 bits per heavy atom. The van der Waals surface area contributed by atoms with Crippen molar-refractivity contribution in [3.63, 3.8) is 0 Å². The van der Waals surface area contributed by atoms with Gasteiger partial charge in [-0.05, 0) is 18.2 Å². The molecule has 0 N–H and O–H groups in total. The molecule has 0 heterocycles. The number of ketones is 1. The van der Waals surface area contributed by atoms with Gasteiger partial charge in [0.25, 0.3) is 0 Å². The van der Waals surface area contributed by atoms with Crippen LogP contribution in [0.15, 0.2) is 24.3 Å². The van der Waals surface area contributed by atoms with E-state index in [1.165, 1.54) is 19.2 Å². The second-order valence-corrected chi connectivity index (χ2v) is 4.01. The summed E-state index contributed by atoms with van der Waals surface area (Å²) in [7, 11) is 1.37. The van der Waals surface area contributed by atoms with Crippen molar-refractivity contribution in [2.45, 2.75) is 24.8 Å². The lowest BCUT2D eigenvalue weighted by atomic mass is 9.90. The minimum atomic E-state index is -4.41. The second kappa shape index (κ2) is 4.61. The van der Waals surface area contributed by atoms with Crippen molar-refractivity contribution < 1.29 is 27.4 Å². The molecule has 1 aliphatic rings. The Kier molecular flexibility index (Phi) is 3.30. The summed E-state index contributed by atoms with van der Waals surface area (Å²) in [6, 6.07) is 4.56. The van der Waals surface area contributed by atoms with Gasteiger partial charge in [-0.25, -0.2) is 0 Å². The molecule has 0 saturated heterocycles. The van der Waals surface area contributed by atoms with Crippen LogP contribution in [0.3, 0.4) is 0 Å². The van der Waals surface area contributed by atoms with Gasteiger partial charge in [-0.2, -0.15) is 13.2 Å². The quantitative estimate of drug-likeness (QED) is 0.837. The van der Waals surface area contributed by atoms with Gasteiger partial charge in [-0.1, -0.05) is 6.07 Å². The zero-order chi connectivity index (χ0) is 13.3. The first-order valence-electron chi connectivity index (χ1n) is 5.31. The number of carbonyl (C=O) groups excluding carboxylic acids is 1. The minimum absolute atomic E-state index is 0.0874. The van der Waals surface area contributed by atoms with E-state index in [1.807, 2.05) is 0 Å². The van der Waals surface area contributed by atoms with E-state index in [0.717, 1.165) is 12.1 Å². The molecule has 0 aliphatic heterocycles. The van der Waals surface area contributed by atoms with Crippen LogP contribution in [0.5, 0.6) is 5.75 Å². The van der Waals surface area contributed by atoms with E-state index < -0.39 is 23.9 Å². The van der Waals surface area contributed by atoms with Gasteiger partial charge >= 0.3 is 6.18 Å². The van der Waals surface area contributed by atoms with Crippen LogP contribution in [-0.4, -0.2) is 25.1 Å². The van der Waals surface area contributed by atoms with Gasteiger partial charge in [0.05, 0.1) is 5.56 Å². The Labute approximate surface area is 102 Å². The summed E-state index contributed by atoms with van der Waals surface area (Å²) in [4.78, 5) is 11.1. The number of methoxy groups -OCH3 is 1. The van der Waals surface area contributed by atoms with Crippen molar-refractivity contribution in [1.82, 2.24) is 0 Å². The third kappa shape index (κ3) is 2.48. The Bertz CT molecular complexity index is 456. The summed E-state index contributed by atoms with van der Waals surface area (Å²) in [5, 5.41) is 0. The van der Waals surface area contributed by atoms with Gasteiger partial charge in [0, 0.05) is 13.5 Å². The van der Waals surface area contributed by atoms with Crippen molar-refractivity contribution in [3.8, 4) is 5.75 Å². The smallest absolute Gasteiger partial charge is 0.416 e. The molecule has 2 atom stereocenters. The summed E-state index contributed by atoms with van der Waals surface area (Å²) in [6.45, 7) is 0. The number of ether oxygens (including phenoxy) is 2. The molecular weight excluding hydrogens is 249 g/mol. The molecule has 18 heavy (non-hydrogen) atoms. The Balaban J connectivity index is 2.09. The predicted octanol–water partition coefficient (Wildman–Crippen LogP) is 2.44. The van der Waals surface area contributed by atoms with E-state index in [0.29, 0.717) is 0 Å². The SMILES string of the molecule is COC1C(=O)CC1Oc1cccc(C(F)(F)F)c1. The van der Waals surface area contributed by atoms with Gasteiger partial charge in [0.15, 0.2) is 11.9 Å². The number of hydrogen-bond acceptors (Lipinski definition) is 3.